The van der Waals surface area contributed by atoms with Gasteiger partial charge in [0.05, 0.1) is 11.0 Å². The van der Waals surface area contributed by atoms with Crippen LogP contribution in [0, 0.1) is 0 Å². The third-order valence-electron chi connectivity index (χ3n) is 5.39. The number of benzene rings is 2. The molecule has 4 rings (SSSR count). The molecule has 1 unspecified atom stereocenters. The van der Waals surface area contributed by atoms with Crippen LogP contribution in [-0.2, 0) is 11.3 Å². The van der Waals surface area contributed by atoms with Gasteiger partial charge in [-0.25, -0.2) is 0 Å². The number of pyridine rings is 1. The number of hydrogen-bond donors (Lipinski definition) is 1. The number of para-hydroxylation sites is 2. The topological polar surface area (TPSA) is 68.3 Å². The molecule has 0 saturated carbocycles. The highest BCUT2D eigenvalue weighted by atomic mass is 35.5. The predicted octanol–water partition coefficient (Wildman–Crippen LogP) is 2.92. The van der Waals surface area contributed by atoms with E-state index in [1.54, 1.807) is 0 Å². The van der Waals surface area contributed by atoms with Gasteiger partial charge in [0.1, 0.15) is 6.54 Å². The second kappa shape index (κ2) is 8.11. The fraction of sp³-hybridized carbons (Fsp3) is 0.333. The van der Waals surface area contributed by atoms with Gasteiger partial charge in [-0.1, -0.05) is 24.3 Å². The third-order valence-corrected chi connectivity index (χ3v) is 5.39. The molecular formula is C21H24ClN3O2. The molecule has 2 N–H and O–H groups in total. The molecule has 2 aromatic carbocycles. The number of hydrogen-bond acceptors (Lipinski definition) is 3. The molecule has 27 heavy (non-hydrogen) atoms. The molecule has 0 radical (unpaired) electrons. The maximum absolute atomic E-state index is 13.1. The number of nitrogens with two attached hydrogens (primary N) is 1. The minimum absolute atomic E-state index is 0. The van der Waals surface area contributed by atoms with Gasteiger partial charge in [-0.2, -0.15) is 0 Å². The van der Waals surface area contributed by atoms with Crippen LogP contribution in [0.25, 0.3) is 21.8 Å². The van der Waals surface area contributed by atoms with E-state index in [1.165, 1.54) is 0 Å². The zero-order chi connectivity index (χ0) is 18.1. The van der Waals surface area contributed by atoms with Gasteiger partial charge in [-0.3, -0.25) is 9.59 Å². The molecule has 1 amide bonds. The molecule has 5 nitrogen and oxygen atoms in total. The Morgan fingerprint density at radius 1 is 1.00 bits per heavy atom. The lowest BCUT2D eigenvalue weighted by Gasteiger charge is -2.35. The van der Waals surface area contributed by atoms with E-state index in [2.05, 4.69) is 0 Å². The van der Waals surface area contributed by atoms with Crippen molar-refractivity contribution in [2.45, 2.75) is 31.8 Å². The molecule has 1 saturated heterocycles. The number of likely N-dealkylation sites (tertiary alicyclic amines) is 1. The Bertz CT molecular complexity index is 971. The first-order chi connectivity index (χ1) is 12.7. The first kappa shape index (κ1) is 19.4. The highest BCUT2D eigenvalue weighted by Crippen LogP contribution is 2.21. The fourth-order valence-electron chi connectivity index (χ4n) is 4.05. The SMILES string of the molecule is Cl.NCC1CCCCN1C(=O)Cn1c2ccccc2c(=O)c2ccccc21. The van der Waals surface area contributed by atoms with Crippen LogP contribution in [-0.4, -0.2) is 34.5 Å². The van der Waals surface area contributed by atoms with Gasteiger partial charge in [0.15, 0.2) is 5.43 Å². The van der Waals surface area contributed by atoms with Crippen molar-refractivity contribution >= 4 is 40.1 Å². The van der Waals surface area contributed by atoms with Crippen LogP contribution in [0.15, 0.2) is 53.3 Å². The van der Waals surface area contributed by atoms with Crippen LogP contribution in [0.1, 0.15) is 19.3 Å². The molecule has 3 aromatic rings. The van der Waals surface area contributed by atoms with Gasteiger partial charge in [-0.05, 0) is 43.5 Å². The number of aromatic nitrogens is 1. The summed E-state index contributed by atoms with van der Waals surface area (Å²) in [6, 6.07) is 15.1. The summed E-state index contributed by atoms with van der Waals surface area (Å²) in [6.07, 6.45) is 3.11. The average Bonchev–Trinajstić information content (AvgIpc) is 2.71. The smallest absolute Gasteiger partial charge is 0.242 e. The van der Waals surface area contributed by atoms with Crippen molar-refractivity contribution in [2.24, 2.45) is 5.73 Å². The van der Waals surface area contributed by atoms with Crippen molar-refractivity contribution < 1.29 is 4.79 Å². The average molecular weight is 386 g/mol. The van der Waals surface area contributed by atoms with Gasteiger partial charge in [0.25, 0.3) is 0 Å². The molecule has 1 aliphatic rings. The predicted molar refractivity (Wildman–Crippen MR) is 111 cm³/mol. The van der Waals surface area contributed by atoms with Crippen LogP contribution in [0.2, 0.25) is 0 Å². The molecule has 6 heteroatoms. The first-order valence-electron chi connectivity index (χ1n) is 9.20. The van der Waals surface area contributed by atoms with E-state index in [-0.39, 0.29) is 36.3 Å². The zero-order valence-electron chi connectivity index (χ0n) is 15.1. The van der Waals surface area contributed by atoms with Crippen molar-refractivity contribution in [3.8, 4) is 0 Å². The number of carbonyl (C=O) groups excluding carboxylic acids is 1. The number of nitrogens with zero attached hydrogens (tertiary/aromatic N) is 2. The summed E-state index contributed by atoms with van der Waals surface area (Å²) in [5, 5.41) is 1.29. The quantitative estimate of drug-likeness (QED) is 0.705. The Balaban J connectivity index is 0.00000210. The largest absolute Gasteiger partial charge is 0.337 e. The molecule has 142 valence electrons. The lowest BCUT2D eigenvalue weighted by atomic mass is 10.0. The van der Waals surface area contributed by atoms with Crippen molar-refractivity contribution in [3.05, 3.63) is 58.8 Å². The number of fused-ring (bicyclic) bond motifs is 2. The van der Waals surface area contributed by atoms with Gasteiger partial charge >= 0.3 is 0 Å². The molecule has 1 atom stereocenters. The zero-order valence-corrected chi connectivity index (χ0v) is 16.0. The molecular weight excluding hydrogens is 362 g/mol. The molecule has 0 spiro atoms. The number of amides is 1. The Morgan fingerprint density at radius 3 is 2.19 bits per heavy atom. The summed E-state index contributed by atoms with van der Waals surface area (Å²) in [4.78, 5) is 27.8. The van der Waals surface area contributed by atoms with Crippen LogP contribution in [0.3, 0.4) is 0 Å². The van der Waals surface area contributed by atoms with E-state index in [4.69, 9.17) is 5.73 Å². The van der Waals surface area contributed by atoms with Crippen molar-refractivity contribution in [1.29, 1.82) is 0 Å². The minimum atomic E-state index is 0. The lowest BCUT2D eigenvalue weighted by Crippen LogP contribution is -2.48. The van der Waals surface area contributed by atoms with Gasteiger partial charge in [0, 0.05) is 29.9 Å². The summed E-state index contributed by atoms with van der Waals surface area (Å²) in [5.74, 6) is 0.0686. The van der Waals surface area contributed by atoms with Gasteiger partial charge in [0.2, 0.25) is 5.91 Å². The summed E-state index contributed by atoms with van der Waals surface area (Å²) in [6.45, 7) is 1.48. The highest BCUT2D eigenvalue weighted by molar-refractivity contribution is 5.94. The summed E-state index contributed by atoms with van der Waals surface area (Å²) in [7, 11) is 0. The third kappa shape index (κ3) is 3.45. The van der Waals surface area contributed by atoms with Gasteiger partial charge in [-0.15, -0.1) is 12.4 Å². The molecule has 2 heterocycles. The normalized spacial score (nSPS) is 17.1. The summed E-state index contributed by atoms with van der Waals surface area (Å²) in [5.41, 5.74) is 7.49. The van der Waals surface area contributed by atoms with Crippen molar-refractivity contribution in [2.75, 3.05) is 13.1 Å². The molecule has 1 aromatic heterocycles. The van der Waals surface area contributed by atoms with Gasteiger partial charge < -0.3 is 15.2 Å². The number of halogens is 1. The van der Waals surface area contributed by atoms with Crippen LogP contribution in [0.5, 0.6) is 0 Å². The van der Waals surface area contributed by atoms with Crippen LogP contribution in [0.4, 0.5) is 0 Å². The van der Waals surface area contributed by atoms with E-state index < -0.39 is 0 Å². The van der Waals surface area contributed by atoms with Crippen LogP contribution < -0.4 is 11.2 Å². The minimum Gasteiger partial charge on any atom is -0.337 e. The number of rotatable bonds is 3. The molecule has 1 fully saturated rings. The first-order valence-corrected chi connectivity index (χ1v) is 9.20. The standard InChI is InChI=1S/C21H23N3O2.ClH/c22-13-15-7-5-6-12-23(15)20(25)14-24-18-10-3-1-8-16(18)21(26)17-9-2-4-11-19(17)24;/h1-4,8-11,15H,5-7,12-14,22H2;1H. The van der Waals surface area contributed by atoms with E-state index in [9.17, 15) is 9.59 Å². The monoisotopic (exact) mass is 385 g/mol. The Kier molecular flexibility index (Phi) is 5.82. The van der Waals surface area contributed by atoms with E-state index >= 15 is 0 Å². The maximum atomic E-state index is 13.1. The Morgan fingerprint density at radius 2 is 1.59 bits per heavy atom. The number of carbonyl (C=O) groups is 1. The molecule has 0 aliphatic carbocycles. The second-order valence-corrected chi connectivity index (χ2v) is 6.92. The summed E-state index contributed by atoms with van der Waals surface area (Å²) >= 11 is 0. The fourth-order valence-corrected chi connectivity index (χ4v) is 4.05. The second-order valence-electron chi connectivity index (χ2n) is 6.92. The van der Waals surface area contributed by atoms with E-state index in [1.807, 2.05) is 58.0 Å². The van der Waals surface area contributed by atoms with E-state index in [0.717, 1.165) is 36.8 Å². The summed E-state index contributed by atoms with van der Waals surface area (Å²) < 4.78 is 1.97. The number of piperidine rings is 1. The Hall–Kier alpha value is -2.37. The maximum Gasteiger partial charge on any atom is 0.242 e. The van der Waals surface area contributed by atoms with E-state index in [0.29, 0.717) is 17.3 Å². The Labute approximate surface area is 164 Å². The van der Waals surface area contributed by atoms with Crippen LogP contribution >= 0.6 is 12.4 Å². The lowest BCUT2D eigenvalue weighted by molar-refractivity contribution is -0.135. The van der Waals surface area contributed by atoms with Crippen molar-refractivity contribution in [3.63, 3.8) is 0 Å². The van der Waals surface area contributed by atoms with Crippen molar-refractivity contribution in [1.82, 2.24) is 9.47 Å². The molecule has 1 aliphatic heterocycles. The highest BCUT2D eigenvalue weighted by Gasteiger charge is 2.26. The molecule has 0 bridgehead atoms.